The fourth-order valence-corrected chi connectivity index (χ4v) is 2.36. The van der Waals surface area contributed by atoms with Gasteiger partial charge in [0.15, 0.2) is 6.10 Å². The van der Waals surface area contributed by atoms with E-state index in [1.807, 2.05) is 18.4 Å². The van der Waals surface area contributed by atoms with Crippen molar-refractivity contribution < 1.29 is 19.1 Å². The van der Waals surface area contributed by atoms with Gasteiger partial charge in [-0.3, -0.25) is 4.79 Å². The predicted octanol–water partition coefficient (Wildman–Crippen LogP) is 3.60. The molecule has 6 heteroatoms. The lowest BCUT2D eigenvalue weighted by Crippen LogP contribution is -2.30. The number of amides is 1. The lowest BCUT2D eigenvalue weighted by molar-refractivity contribution is -0.123. The molecule has 5 nitrogen and oxygen atoms in total. The Morgan fingerprint density at radius 1 is 1.12 bits per heavy atom. The van der Waals surface area contributed by atoms with Crippen molar-refractivity contribution in [3.63, 3.8) is 0 Å². The number of anilines is 1. The van der Waals surface area contributed by atoms with Gasteiger partial charge in [-0.15, -0.1) is 11.8 Å². The average molecular weight is 345 g/mol. The van der Waals surface area contributed by atoms with E-state index in [-0.39, 0.29) is 0 Å². The molecule has 0 aliphatic heterocycles. The zero-order valence-electron chi connectivity index (χ0n) is 13.7. The lowest BCUT2D eigenvalue weighted by atomic mass is 10.2. The molecule has 0 spiro atoms. The third kappa shape index (κ3) is 4.76. The Morgan fingerprint density at radius 2 is 1.83 bits per heavy atom. The van der Waals surface area contributed by atoms with Crippen molar-refractivity contribution in [2.45, 2.75) is 17.9 Å². The molecule has 0 saturated carbocycles. The molecule has 0 bridgehead atoms. The third-order valence-corrected chi connectivity index (χ3v) is 4.06. The summed E-state index contributed by atoms with van der Waals surface area (Å²) in [5.74, 6) is -0.306. The summed E-state index contributed by atoms with van der Waals surface area (Å²) in [5, 5.41) is 2.69. The van der Waals surface area contributed by atoms with Crippen LogP contribution in [-0.2, 0) is 9.53 Å². The highest BCUT2D eigenvalue weighted by Crippen LogP contribution is 2.18. The Kier molecular flexibility index (Phi) is 6.26. The Balaban J connectivity index is 1.95. The van der Waals surface area contributed by atoms with Crippen molar-refractivity contribution in [3.8, 4) is 5.75 Å². The smallest absolute Gasteiger partial charge is 0.338 e. The van der Waals surface area contributed by atoms with Crippen LogP contribution in [0.5, 0.6) is 5.75 Å². The number of methoxy groups -OCH3 is 1. The second kappa shape index (κ2) is 8.40. The molecule has 2 aromatic rings. The van der Waals surface area contributed by atoms with Crippen LogP contribution < -0.4 is 10.1 Å². The zero-order valence-corrected chi connectivity index (χ0v) is 14.6. The van der Waals surface area contributed by atoms with Crippen LogP contribution in [0.2, 0.25) is 0 Å². The Labute approximate surface area is 145 Å². The lowest BCUT2D eigenvalue weighted by Gasteiger charge is -2.14. The molecule has 0 aliphatic carbocycles. The Morgan fingerprint density at radius 3 is 2.46 bits per heavy atom. The molecule has 1 amide bonds. The van der Waals surface area contributed by atoms with E-state index < -0.39 is 18.0 Å². The molecule has 24 heavy (non-hydrogen) atoms. The maximum atomic E-state index is 12.1. The number of thioether (sulfide) groups is 1. The summed E-state index contributed by atoms with van der Waals surface area (Å²) in [6, 6.07) is 14.0. The van der Waals surface area contributed by atoms with Gasteiger partial charge in [-0.1, -0.05) is 6.07 Å². The summed E-state index contributed by atoms with van der Waals surface area (Å²) in [6.07, 6.45) is 1.04. The van der Waals surface area contributed by atoms with Crippen molar-refractivity contribution in [2.75, 3.05) is 18.7 Å². The standard InChI is InChI=1S/C18H19NO4S/c1-12(17(20)19-14-5-4-6-15(11-14)22-2)23-18(21)13-7-9-16(24-3)10-8-13/h4-12H,1-3H3,(H,19,20)/t12-/m1/s1. The first-order valence-electron chi connectivity index (χ1n) is 7.33. The minimum absolute atomic E-state index is 0.405. The number of benzene rings is 2. The second-order valence-corrected chi connectivity index (χ2v) is 5.88. The highest BCUT2D eigenvalue weighted by molar-refractivity contribution is 7.98. The Bertz CT molecular complexity index is 715. The number of carbonyl (C=O) groups is 2. The summed E-state index contributed by atoms with van der Waals surface area (Å²) in [4.78, 5) is 25.3. The van der Waals surface area contributed by atoms with Gasteiger partial charge >= 0.3 is 5.97 Å². The van der Waals surface area contributed by atoms with E-state index in [9.17, 15) is 9.59 Å². The monoisotopic (exact) mass is 345 g/mol. The minimum atomic E-state index is -0.913. The first kappa shape index (κ1) is 17.9. The van der Waals surface area contributed by atoms with E-state index in [1.54, 1.807) is 55.3 Å². The maximum Gasteiger partial charge on any atom is 0.338 e. The third-order valence-electron chi connectivity index (χ3n) is 3.32. The number of hydrogen-bond donors (Lipinski definition) is 1. The van der Waals surface area contributed by atoms with Crippen LogP contribution in [0.1, 0.15) is 17.3 Å². The van der Waals surface area contributed by atoms with E-state index >= 15 is 0 Å². The first-order chi connectivity index (χ1) is 11.5. The largest absolute Gasteiger partial charge is 0.497 e. The highest BCUT2D eigenvalue weighted by atomic mass is 32.2. The van der Waals surface area contributed by atoms with E-state index in [2.05, 4.69) is 5.32 Å². The van der Waals surface area contributed by atoms with Crippen LogP contribution >= 0.6 is 11.8 Å². The minimum Gasteiger partial charge on any atom is -0.497 e. The predicted molar refractivity (Wildman–Crippen MR) is 94.7 cm³/mol. The van der Waals surface area contributed by atoms with Gasteiger partial charge in [0.1, 0.15) is 5.75 Å². The molecule has 0 fully saturated rings. The summed E-state index contributed by atoms with van der Waals surface area (Å²) >= 11 is 1.59. The number of nitrogens with one attached hydrogen (secondary N) is 1. The fraction of sp³-hybridized carbons (Fsp3) is 0.222. The van der Waals surface area contributed by atoms with Crippen molar-refractivity contribution >= 4 is 29.3 Å². The molecule has 0 unspecified atom stereocenters. The van der Waals surface area contributed by atoms with Gasteiger partial charge in [0.25, 0.3) is 5.91 Å². The zero-order chi connectivity index (χ0) is 17.5. The highest BCUT2D eigenvalue weighted by Gasteiger charge is 2.19. The molecule has 126 valence electrons. The van der Waals surface area contributed by atoms with E-state index in [1.165, 1.54) is 6.92 Å². The van der Waals surface area contributed by atoms with Gasteiger partial charge in [-0.05, 0) is 49.6 Å². The van der Waals surface area contributed by atoms with Crippen LogP contribution in [0, 0.1) is 0 Å². The van der Waals surface area contributed by atoms with Crippen LogP contribution in [0.4, 0.5) is 5.69 Å². The van der Waals surface area contributed by atoms with Crippen molar-refractivity contribution in [3.05, 3.63) is 54.1 Å². The van der Waals surface area contributed by atoms with Gasteiger partial charge in [-0.2, -0.15) is 0 Å². The van der Waals surface area contributed by atoms with Gasteiger partial charge < -0.3 is 14.8 Å². The van der Waals surface area contributed by atoms with Crippen LogP contribution in [-0.4, -0.2) is 31.3 Å². The molecule has 0 saturated heterocycles. The van der Waals surface area contributed by atoms with Crippen molar-refractivity contribution in [2.24, 2.45) is 0 Å². The number of hydrogen-bond acceptors (Lipinski definition) is 5. The molecule has 2 aromatic carbocycles. The van der Waals surface area contributed by atoms with E-state index in [4.69, 9.17) is 9.47 Å². The molecular weight excluding hydrogens is 326 g/mol. The Hall–Kier alpha value is -2.47. The topological polar surface area (TPSA) is 64.6 Å². The summed E-state index contributed by atoms with van der Waals surface area (Å²) in [6.45, 7) is 1.53. The molecule has 2 rings (SSSR count). The molecule has 0 aliphatic rings. The molecule has 0 heterocycles. The first-order valence-corrected chi connectivity index (χ1v) is 8.56. The van der Waals surface area contributed by atoms with Crippen LogP contribution in [0.25, 0.3) is 0 Å². The molecule has 0 radical (unpaired) electrons. The molecule has 0 aromatic heterocycles. The number of ether oxygens (including phenoxy) is 2. The normalized spacial score (nSPS) is 11.5. The van der Waals surface area contributed by atoms with Gasteiger partial charge in [0, 0.05) is 16.6 Å². The number of rotatable bonds is 6. The van der Waals surface area contributed by atoms with Gasteiger partial charge in [0.05, 0.1) is 12.7 Å². The molecular formula is C18H19NO4S. The van der Waals surface area contributed by atoms with Crippen LogP contribution in [0.15, 0.2) is 53.4 Å². The maximum absolute atomic E-state index is 12.1. The molecule has 1 N–H and O–H groups in total. The van der Waals surface area contributed by atoms with Gasteiger partial charge in [-0.25, -0.2) is 4.79 Å². The van der Waals surface area contributed by atoms with E-state index in [0.717, 1.165) is 4.90 Å². The summed E-state index contributed by atoms with van der Waals surface area (Å²) in [7, 11) is 1.55. The van der Waals surface area contributed by atoms with Crippen LogP contribution in [0.3, 0.4) is 0 Å². The number of esters is 1. The fourth-order valence-electron chi connectivity index (χ4n) is 1.95. The van der Waals surface area contributed by atoms with E-state index in [0.29, 0.717) is 17.0 Å². The van der Waals surface area contributed by atoms with Gasteiger partial charge in [0.2, 0.25) is 0 Å². The quantitative estimate of drug-likeness (QED) is 0.640. The summed E-state index contributed by atoms with van der Waals surface area (Å²) in [5.41, 5.74) is 0.986. The van der Waals surface area contributed by atoms with Crippen molar-refractivity contribution in [1.29, 1.82) is 0 Å². The average Bonchev–Trinajstić information content (AvgIpc) is 2.61. The number of carbonyl (C=O) groups excluding carboxylic acids is 2. The van der Waals surface area contributed by atoms with Crippen molar-refractivity contribution in [1.82, 2.24) is 0 Å². The molecule has 1 atom stereocenters. The second-order valence-electron chi connectivity index (χ2n) is 5.00. The summed E-state index contributed by atoms with van der Waals surface area (Å²) < 4.78 is 10.3. The SMILES string of the molecule is COc1cccc(NC(=O)[C@@H](C)OC(=O)c2ccc(SC)cc2)c1.